The monoisotopic (exact) mass is 260 g/mol. The van der Waals surface area contributed by atoms with E-state index in [1.165, 1.54) is 0 Å². The van der Waals surface area contributed by atoms with Crippen molar-refractivity contribution >= 4 is 30.3 Å². The maximum Gasteiger partial charge on any atom is 0.358 e. The van der Waals surface area contributed by atoms with Crippen molar-refractivity contribution < 1.29 is 19.1 Å². The van der Waals surface area contributed by atoms with E-state index in [4.69, 9.17) is 15.9 Å². The van der Waals surface area contributed by atoms with Gasteiger partial charge in [-0.25, -0.2) is 9.59 Å². The zero-order chi connectivity index (χ0) is 13.8. The number of carbonyl (C=O) groups is 2. The summed E-state index contributed by atoms with van der Waals surface area (Å²) in [5, 5.41) is 7.47. The van der Waals surface area contributed by atoms with E-state index in [9.17, 15) is 9.59 Å². The average molecular weight is 260 g/mol. The number of carbonyl (C=O) groups excluding carboxylic acids is 2. The molecule has 0 bridgehead atoms. The molecule has 0 aliphatic heterocycles. The van der Waals surface area contributed by atoms with Gasteiger partial charge in [0.05, 0.1) is 12.8 Å². The number of thiol groups is 1. The van der Waals surface area contributed by atoms with Crippen molar-refractivity contribution in [1.29, 1.82) is 5.41 Å². The third-order valence-electron chi connectivity index (χ3n) is 1.51. The molecule has 0 aliphatic rings. The normalized spacial score (nSPS) is 12.5. The van der Waals surface area contributed by atoms with Crippen LogP contribution in [0.3, 0.4) is 0 Å². The Labute approximate surface area is 105 Å². The van der Waals surface area contributed by atoms with Gasteiger partial charge in [0, 0.05) is 0 Å². The fourth-order valence-corrected chi connectivity index (χ4v) is 0.967. The standard InChI is InChI=1S/C10H16N2O4S/c1-10(2,3)16-8(13)6(12)5(11)7(17)9(14)15-4/h12,17H,11H2,1-4H3/b7-5+,12-6?. The highest BCUT2D eigenvalue weighted by Crippen LogP contribution is 2.12. The molecule has 0 aliphatic carbocycles. The summed E-state index contributed by atoms with van der Waals surface area (Å²) in [6, 6.07) is 0. The van der Waals surface area contributed by atoms with E-state index in [0.29, 0.717) is 0 Å². The molecule has 0 aromatic rings. The smallest absolute Gasteiger partial charge is 0.358 e. The lowest BCUT2D eigenvalue weighted by atomic mass is 10.2. The first-order chi connectivity index (χ1) is 7.60. The molecule has 0 saturated heterocycles. The third kappa shape index (κ3) is 4.90. The van der Waals surface area contributed by atoms with Gasteiger partial charge in [0.25, 0.3) is 0 Å². The Hall–Kier alpha value is -1.50. The molecule has 0 rings (SSSR count). The fraction of sp³-hybridized carbons (Fsp3) is 0.500. The maximum atomic E-state index is 11.5. The van der Waals surface area contributed by atoms with E-state index in [1.807, 2.05) is 0 Å². The van der Waals surface area contributed by atoms with Gasteiger partial charge in [-0.2, -0.15) is 0 Å². The van der Waals surface area contributed by atoms with Gasteiger partial charge in [-0.1, -0.05) is 0 Å². The first-order valence-corrected chi connectivity index (χ1v) is 5.14. The molecular weight excluding hydrogens is 244 g/mol. The van der Waals surface area contributed by atoms with Gasteiger partial charge in [0.2, 0.25) is 0 Å². The Morgan fingerprint density at radius 3 is 2.06 bits per heavy atom. The van der Waals surface area contributed by atoms with E-state index in [-0.39, 0.29) is 10.6 Å². The Morgan fingerprint density at radius 2 is 1.71 bits per heavy atom. The van der Waals surface area contributed by atoms with Crippen molar-refractivity contribution in [2.45, 2.75) is 26.4 Å². The molecule has 0 unspecified atom stereocenters. The quantitative estimate of drug-likeness (QED) is 0.299. The Kier molecular flexibility index (Phi) is 5.21. The zero-order valence-corrected chi connectivity index (χ0v) is 11.1. The highest BCUT2D eigenvalue weighted by atomic mass is 32.1. The SMILES string of the molecule is COC(=O)/C(S)=C(\N)C(=N)C(=O)OC(C)(C)C. The number of hydrogen-bond acceptors (Lipinski definition) is 7. The van der Waals surface area contributed by atoms with Crippen LogP contribution in [-0.2, 0) is 19.1 Å². The first kappa shape index (κ1) is 15.5. The number of nitrogens with two attached hydrogens (primary N) is 1. The zero-order valence-electron chi connectivity index (χ0n) is 10.2. The van der Waals surface area contributed by atoms with E-state index >= 15 is 0 Å². The van der Waals surface area contributed by atoms with Crippen molar-refractivity contribution in [1.82, 2.24) is 0 Å². The van der Waals surface area contributed by atoms with Crippen molar-refractivity contribution in [3.8, 4) is 0 Å². The second-order valence-corrected chi connectivity index (χ2v) is 4.58. The summed E-state index contributed by atoms with van der Waals surface area (Å²) in [6.07, 6.45) is 0. The average Bonchev–Trinajstić information content (AvgIpc) is 2.22. The molecule has 6 nitrogen and oxygen atoms in total. The lowest BCUT2D eigenvalue weighted by molar-refractivity contribution is -0.146. The molecule has 0 amide bonds. The molecule has 17 heavy (non-hydrogen) atoms. The molecule has 0 aromatic heterocycles. The van der Waals surface area contributed by atoms with Crippen LogP contribution < -0.4 is 5.73 Å². The van der Waals surface area contributed by atoms with Crippen LogP contribution in [-0.4, -0.2) is 30.4 Å². The molecule has 0 saturated carbocycles. The van der Waals surface area contributed by atoms with Crippen LogP contribution in [0.25, 0.3) is 0 Å². The predicted octanol–water partition coefficient (Wildman–Crippen LogP) is 0.621. The van der Waals surface area contributed by atoms with E-state index in [2.05, 4.69) is 17.4 Å². The Bertz CT molecular complexity index is 382. The molecule has 0 radical (unpaired) electrons. The third-order valence-corrected chi connectivity index (χ3v) is 1.93. The molecule has 7 heteroatoms. The lowest BCUT2D eigenvalue weighted by Crippen LogP contribution is -2.32. The molecule has 3 N–H and O–H groups in total. The number of methoxy groups -OCH3 is 1. The molecular formula is C10H16N2O4S. The van der Waals surface area contributed by atoms with Gasteiger partial charge in [-0.3, -0.25) is 5.41 Å². The lowest BCUT2D eigenvalue weighted by Gasteiger charge is -2.19. The topological polar surface area (TPSA) is 102 Å². The number of rotatable bonds is 3. The largest absolute Gasteiger partial charge is 0.465 e. The minimum absolute atomic E-state index is 0.302. The van der Waals surface area contributed by atoms with E-state index in [0.717, 1.165) is 7.11 Å². The summed E-state index contributed by atoms with van der Waals surface area (Å²) in [5.41, 5.74) is 3.68. The summed E-state index contributed by atoms with van der Waals surface area (Å²) < 4.78 is 9.28. The van der Waals surface area contributed by atoms with Crippen molar-refractivity contribution in [2.75, 3.05) is 7.11 Å². The van der Waals surface area contributed by atoms with Crippen LogP contribution in [0.4, 0.5) is 0 Å². The minimum Gasteiger partial charge on any atom is -0.465 e. The second kappa shape index (κ2) is 5.72. The van der Waals surface area contributed by atoms with Crippen LogP contribution in [0.5, 0.6) is 0 Å². The predicted molar refractivity (Wildman–Crippen MR) is 65.8 cm³/mol. The van der Waals surface area contributed by atoms with Gasteiger partial charge in [0.1, 0.15) is 10.5 Å². The molecule has 0 atom stereocenters. The molecule has 96 valence electrons. The highest BCUT2D eigenvalue weighted by Gasteiger charge is 2.24. The summed E-state index contributed by atoms with van der Waals surface area (Å²) in [4.78, 5) is 22.2. The summed E-state index contributed by atoms with van der Waals surface area (Å²) in [6.45, 7) is 4.96. The van der Waals surface area contributed by atoms with E-state index < -0.39 is 23.3 Å². The molecule has 0 heterocycles. The van der Waals surface area contributed by atoms with Crippen molar-refractivity contribution in [2.24, 2.45) is 5.73 Å². The summed E-state index contributed by atoms with van der Waals surface area (Å²) in [5.74, 6) is -1.75. The van der Waals surface area contributed by atoms with Crippen LogP contribution >= 0.6 is 12.6 Å². The number of esters is 2. The van der Waals surface area contributed by atoms with Gasteiger partial charge in [0.15, 0.2) is 5.71 Å². The summed E-state index contributed by atoms with van der Waals surface area (Å²) in [7, 11) is 1.14. The summed E-state index contributed by atoms with van der Waals surface area (Å²) >= 11 is 3.78. The van der Waals surface area contributed by atoms with E-state index in [1.54, 1.807) is 20.8 Å². The van der Waals surface area contributed by atoms with Crippen molar-refractivity contribution in [3.05, 3.63) is 10.6 Å². The highest BCUT2D eigenvalue weighted by molar-refractivity contribution is 7.85. The van der Waals surface area contributed by atoms with Crippen LogP contribution in [0.2, 0.25) is 0 Å². The second-order valence-electron chi connectivity index (χ2n) is 4.13. The van der Waals surface area contributed by atoms with Gasteiger partial charge in [-0.05, 0) is 20.8 Å². The Morgan fingerprint density at radius 1 is 1.24 bits per heavy atom. The molecule has 0 aromatic carbocycles. The van der Waals surface area contributed by atoms with Gasteiger partial charge < -0.3 is 15.2 Å². The fourth-order valence-electron chi connectivity index (χ4n) is 0.764. The number of nitrogens with one attached hydrogen (secondary N) is 1. The minimum atomic E-state index is -0.926. The number of hydrogen-bond donors (Lipinski definition) is 3. The first-order valence-electron chi connectivity index (χ1n) is 4.69. The molecule has 0 fully saturated rings. The maximum absolute atomic E-state index is 11.5. The van der Waals surface area contributed by atoms with Gasteiger partial charge >= 0.3 is 11.9 Å². The molecule has 0 spiro atoms. The number of ether oxygens (including phenoxy) is 2. The van der Waals surface area contributed by atoms with Crippen LogP contribution in [0.15, 0.2) is 10.6 Å². The Balaban J connectivity index is 4.95. The van der Waals surface area contributed by atoms with Crippen LogP contribution in [0, 0.1) is 5.41 Å². The van der Waals surface area contributed by atoms with Crippen molar-refractivity contribution in [3.63, 3.8) is 0 Å². The van der Waals surface area contributed by atoms with Gasteiger partial charge in [-0.15, -0.1) is 12.6 Å². The van der Waals surface area contributed by atoms with Crippen LogP contribution in [0.1, 0.15) is 20.8 Å².